The Morgan fingerprint density at radius 1 is 1.29 bits per heavy atom. The van der Waals surface area contributed by atoms with E-state index in [4.69, 9.17) is 5.73 Å². The molecule has 0 saturated carbocycles. The minimum atomic E-state index is -3.82. The van der Waals surface area contributed by atoms with Gasteiger partial charge in [-0.1, -0.05) is 18.2 Å². The van der Waals surface area contributed by atoms with Crippen LogP contribution in [0.25, 0.3) is 0 Å². The van der Waals surface area contributed by atoms with Gasteiger partial charge in [-0.3, -0.25) is 4.79 Å². The second-order valence-corrected chi connectivity index (χ2v) is 7.25. The highest BCUT2D eigenvalue weighted by Gasteiger charge is 2.36. The van der Waals surface area contributed by atoms with Gasteiger partial charge in [0.2, 0.25) is 10.0 Å². The summed E-state index contributed by atoms with van der Waals surface area (Å²) in [6, 6.07) is 6.75. The SMILES string of the molecule is COC(=O)C(C)S(=O)(=O)N(Cc1ccccc1N)C(C)C. The van der Waals surface area contributed by atoms with Crippen LogP contribution in [0.3, 0.4) is 0 Å². The van der Waals surface area contributed by atoms with Gasteiger partial charge in [-0.05, 0) is 32.4 Å². The molecule has 0 aliphatic rings. The molecule has 0 aromatic heterocycles. The van der Waals surface area contributed by atoms with E-state index in [9.17, 15) is 13.2 Å². The number of para-hydroxylation sites is 1. The summed E-state index contributed by atoms with van der Waals surface area (Å²) in [6.07, 6.45) is 0. The van der Waals surface area contributed by atoms with Gasteiger partial charge in [0.05, 0.1) is 7.11 Å². The fourth-order valence-electron chi connectivity index (χ4n) is 1.90. The summed E-state index contributed by atoms with van der Waals surface area (Å²) in [7, 11) is -2.65. The maximum atomic E-state index is 12.6. The monoisotopic (exact) mass is 314 g/mol. The van der Waals surface area contributed by atoms with E-state index in [0.717, 1.165) is 0 Å². The standard InChI is InChI=1S/C14H22N2O4S/c1-10(2)16(9-12-7-5-6-8-13(12)15)21(18,19)11(3)14(17)20-4/h5-8,10-11H,9,15H2,1-4H3. The van der Waals surface area contributed by atoms with Gasteiger partial charge in [-0.25, -0.2) is 8.42 Å². The second kappa shape index (κ2) is 6.91. The maximum absolute atomic E-state index is 12.6. The molecule has 0 radical (unpaired) electrons. The molecule has 7 heteroatoms. The van der Waals surface area contributed by atoms with Gasteiger partial charge in [0.15, 0.2) is 5.25 Å². The van der Waals surface area contributed by atoms with E-state index in [-0.39, 0.29) is 12.6 Å². The third-order valence-electron chi connectivity index (χ3n) is 3.26. The molecule has 6 nitrogen and oxygen atoms in total. The molecule has 0 spiro atoms. The number of nitrogens with zero attached hydrogens (tertiary/aromatic N) is 1. The van der Waals surface area contributed by atoms with Crippen molar-refractivity contribution in [3.05, 3.63) is 29.8 Å². The maximum Gasteiger partial charge on any atom is 0.325 e. The van der Waals surface area contributed by atoms with E-state index in [1.807, 2.05) is 0 Å². The van der Waals surface area contributed by atoms with E-state index in [1.165, 1.54) is 18.3 Å². The van der Waals surface area contributed by atoms with Crippen LogP contribution in [-0.4, -0.2) is 37.1 Å². The van der Waals surface area contributed by atoms with Crippen molar-refractivity contribution in [2.45, 2.75) is 38.6 Å². The summed E-state index contributed by atoms with van der Waals surface area (Å²) in [5.41, 5.74) is 7.08. The first-order valence-electron chi connectivity index (χ1n) is 6.63. The van der Waals surface area contributed by atoms with Crippen LogP contribution >= 0.6 is 0 Å². The van der Waals surface area contributed by atoms with Gasteiger partial charge in [-0.2, -0.15) is 4.31 Å². The molecule has 0 bridgehead atoms. The number of ether oxygens (including phenoxy) is 1. The van der Waals surface area contributed by atoms with Gasteiger partial charge in [0.25, 0.3) is 0 Å². The van der Waals surface area contributed by atoms with Crippen molar-refractivity contribution in [1.29, 1.82) is 0 Å². The zero-order chi connectivity index (χ0) is 16.2. The predicted octanol–water partition coefficient (Wildman–Crippen LogP) is 1.37. The zero-order valence-corrected chi connectivity index (χ0v) is 13.6. The Morgan fingerprint density at radius 3 is 2.33 bits per heavy atom. The highest BCUT2D eigenvalue weighted by molar-refractivity contribution is 7.90. The lowest BCUT2D eigenvalue weighted by atomic mass is 10.2. The van der Waals surface area contributed by atoms with Crippen LogP contribution in [0.2, 0.25) is 0 Å². The molecular formula is C14H22N2O4S. The van der Waals surface area contributed by atoms with Crippen molar-refractivity contribution in [2.75, 3.05) is 12.8 Å². The number of hydrogen-bond donors (Lipinski definition) is 1. The van der Waals surface area contributed by atoms with Crippen LogP contribution in [0.5, 0.6) is 0 Å². The molecule has 0 heterocycles. The first kappa shape index (κ1) is 17.5. The molecule has 2 N–H and O–H groups in total. The topological polar surface area (TPSA) is 89.7 Å². The largest absolute Gasteiger partial charge is 0.468 e. The van der Waals surface area contributed by atoms with Gasteiger partial charge < -0.3 is 10.5 Å². The zero-order valence-electron chi connectivity index (χ0n) is 12.7. The fraction of sp³-hybridized carbons (Fsp3) is 0.500. The smallest absolute Gasteiger partial charge is 0.325 e. The van der Waals surface area contributed by atoms with E-state index in [2.05, 4.69) is 4.74 Å². The quantitative estimate of drug-likeness (QED) is 0.632. The van der Waals surface area contributed by atoms with Crippen LogP contribution in [0, 0.1) is 0 Å². The molecule has 1 unspecified atom stereocenters. The molecular weight excluding hydrogens is 292 g/mol. The Morgan fingerprint density at radius 2 is 1.86 bits per heavy atom. The fourth-order valence-corrected chi connectivity index (χ4v) is 3.56. The van der Waals surface area contributed by atoms with Crippen molar-refractivity contribution < 1.29 is 17.9 Å². The van der Waals surface area contributed by atoms with Crippen LogP contribution in [-0.2, 0) is 26.1 Å². The van der Waals surface area contributed by atoms with Crippen molar-refractivity contribution in [2.24, 2.45) is 0 Å². The Hall–Kier alpha value is -1.60. The summed E-state index contributed by atoms with van der Waals surface area (Å²) in [5.74, 6) is -0.776. The number of methoxy groups -OCH3 is 1. The third kappa shape index (κ3) is 3.95. The molecule has 0 saturated heterocycles. The lowest BCUT2D eigenvalue weighted by Crippen LogP contribution is -2.44. The van der Waals surface area contributed by atoms with Crippen molar-refractivity contribution in [1.82, 2.24) is 4.31 Å². The number of benzene rings is 1. The van der Waals surface area contributed by atoms with E-state index < -0.39 is 21.2 Å². The summed E-state index contributed by atoms with van der Waals surface area (Å²) in [5, 5.41) is -1.25. The molecule has 1 aromatic rings. The van der Waals surface area contributed by atoms with Gasteiger partial charge in [0.1, 0.15) is 0 Å². The van der Waals surface area contributed by atoms with Crippen LogP contribution in [0.15, 0.2) is 24.3 Å². The van der Waals surface area contributed by atoms with E-state index in [1.54, 1.807) is 38.1 Å². The Bertz CT molecular complexity index is 599. The minimum Gasteiger partial charge on any atom is -0.468 e. The number of nitrogen functional groups attached to an aromatic ring is 1. The normalized spacial score (nSPS) is 13.4. The minimum absolute atomic E-state index is 0.119. The number of carbonyl (C=O) groups is 1. The molecule has 118 valence electrons. The Labute approximate surface area is 125 Å². The molecule has 1 rings (SSSR count). The summed E-state index contributed by atoms with van der Waals surface area (Å²) in [6.45, 7) is 4.94. The van der Waals surface area contributed by atoms with Crippen molar-refractivity contribution >= 4 is 21.7 Å². The third-order valence-corrected chi connectivity index (χ3v) is 5.55. The Balaban J connectivity index is 3.13. The summed E-state index contributed by atoms with van der Waals surface area (Å²) >= 11 is 0. The number of sulfonamides is 1. The van der Waals surface area contributed by atoms with Crippen LogP contribution in [0.4, 0.5) is 5.69 Å². The molecule has 0 aliphatic heterocycles. The van der Waals surface area contributed by atoms with Gasteiger partial charge >= 0.3 is 5.97 Å². The molecule has 21 heavy (non-hydrogen) atoms. The first-order valence-corrected chi connectivity index (χ1v) is 8.14. The predicted molar refractivity (Wildman–Crippen MR) is 81.9 cm³/mol. The first-order chi connectivity index (χ1) is 9.71. The van der Waals surface area contributed by atoms with E-state index >= 15 is 0 Å². The van der Waals surface area contributed by atoms with Gasteiger partial charge in [0, 0.05) is 18.3 Å². The highest BCUT2D eigenvalue weighted by atomic mass is 32.2. The second-order valence-electron chi connectivity index (χ2n) is 5.05. The number of rotatable bonds is 6. The average molecular weight is 314 g/mol. The number of carbonyl (C=O) groups excluding carboxylic acids is 1. The van der Waals surface area contributed by atoms with Crippen LogP contribution < -0.4 is 5.73 Å². The number of esters is 1. The average Bonchev–Trinajstić information content (AvgIpc) is 2.43. The molecule has 1 aromatic carbocycles. The molecule has 0 aliphatic carbocycles. The number of hydrogen-bond acceptors (Lipinski definition) is 5. The summed E-state index contributed by atoms with van der Waals surface area (Å²) in [4.78, 5) is 11.6. The van der Waals surface area contributed by atoms with E-state index in [0.29, 0.717) is 11.3 Å². The highest BCUT2D eigenvalue weighted by Crippen LogP contribution is 2.21. The van der Waals surface area contributed by atoms with Crippen molar-refractivity contribution in [3.8, 4) is 0 Å². The van der Waals surface area contributed by atoms with Crippen LogP contribution in [0.1, 0.15) is 26.3 Å². The molecule has 0 fully saturated rings. The number of anilines is 1. The number of nitrogens with two attached hydrogens (primary N) is 1. The molecule has 1 atom stereocenters. The lowest BCUT2D eigenvalue weighted by molar-refractivity contribution is -0.139. The van der Waals surface area contributed by atoms with Gasteiger partial charge in [-0.15, -0.1) is 0 Å². The summed E-state index contributed by atoms with van der Waals surface area (Å²) < 4.78 is 30.9. The Kier molecular flexibility index (Phi) is 5.74. The molecule has 0 amide bonds. The van der Waals surface area contributed by atoms with Crippen molar-refractivity contribution in [3.63, 3.8) is 0 Å². The lowest BCUT2D eigenvalue weighted by Gasteiger charge is -2.28.